The van der Waals surface area contributed by atoms with Crippen LogP contribution in [0.3, 0.4) is 0 Å². The second-order valence-electron chi connectivity index (χ2n) is 6.44. The van der Waals surface area contributed by atoms with Crippen LogP contribution in [0.25, 0.3) is 10.9 Å². The second-order valence-corrected chi connectivity index (χ2v) is 6.44. The number of amides is 1. The van der Waals surface area contributed by atoms with Crippen LogP contribution in [0.4, 0.5) is 0 Å². The van der Waals surface area contributed by atoms with Crippen molar-refractivity contribution in [2.45, 2.75) is 31.5 Å². The fourth-order valence-corrected chi connectivity index (χ4v) is 3.13. The number of benzene rings is 1. The maximum absolute atomic E-state index is 12.6. The number of aromatic nitrogens is 1. The summed E-state index contributed by atoms with van der Waals surface area (Å²) in [5.41, 5.74) is 0.892. The van der Waals surface area contributed by atoms with E-state index in [1.165, 1.54) is 24.8 Å². The quantitative estimate of drug-likeness (QED) is 0.520. The Morgan fingerprint density at radius 3 is 2.70 bits per heavy atom. The van der Waals surface area contributed by atoms with E-state index in [2.05, 4.69) is 5.32 Å². The molecule has 0 saturated carbocycles. The molecule has 3 rings (SSSR count). The van der Waals surface area contributed by atoms with Gasteiger partial charge in [0.15, 0.2) is 12.0 Å². The summed E-state index contributed by atoms with van der Waals surface area (Å²) in [5.74, 6) is -0.115. The first-order valence-electron chi connectivity index (χ1n) is 8.45. The molecular weight excluding hydrogens is 356 g/mol. The summed E-state index contributed by atoms with van der Waals surface area (Å²) in [5, 5.41) is 33.0. The molecule has 27 heavy (non-hydrogen) atoms. The van der Waals surface area contributed by atoms with Crippen molar-refractivity contribution in [2.75, 3.05) is 20.3 Å². The Kier molecular flexibility index (Phi) is 5.47. The summed E-state index contributed by atoms with van der Waals surface area (Å²) in [6.45, 7) is 0.980. The number of nitrogens with zero attached hydrogens (tertiary/aromatic N) is 1. The van der Waals surface area contributed by atoms with Crippen molar-refractivity contribution in [1.82, 2.24) is 9.88 Å². The summed E-state index contributed by atoms with van der Waals surface area (Å²) in [4.78, 5) is 23.7. The second kappa shape index (κ2) is 7.65. The summed E-state index contributed by atoms with van der Waals surface area (Å²) in [6, 6.07) is 5.07. The monoisotopic (exact) mass is 378 g/mol. The molecule has 1 aliphatic heterocycles. The van der Waals surface area contributed by atoms with Crippen molar-refractivity contribution in [2.24, 2.45) is 0 Å². The van der Waals surface area contributed by atoms with Gasteiger partial charge in [-0.15, -0.1) is 0 Å². The van der Waals surface area contributed by atoms with Gasteiger partial charge >= 0.3 is 0 Å². The molecule has 4 atom stereocenters. The third-order valence-corrected chi connectivity index (χ3v) is 4.59. The van der Waals surface area contributed by atoms with Crippen LogP contribution >= 0.6 is 0 Å². The highest BCUT2D eigenvalue weighted by molar-refractivity contribution is 6.10. The molecule has 0 bridgehead atoms. The molecule has 0 unspecified atom stereocenters. The number of Topliss-reactive ketones (excluding diaryl/α,β-unsaturated/α-hetero) is 1. The van der Waals surface area contributed by atoms with Crippen LogP contribution in [0.1, 0.15) is 23.5 Å². The largest absolute Gasteiger partial charge is 0.497 e. The molecule has 2 heterocycles. The van der Waals surface area contributed by atoms with Gasteiger partial charge < -0.3 is 34.7 Å². The highest BCUT2D eigenvalue weighted by Gasteiger charge is 2.39. The Bertz CT molecular complexity index is 863. The van der Waals surface area contributed by atoms with Crippen LogP contribution in [0.5, 0.6) is 5.75 Å². The summed E-state index contributed by atoms with van der Waals surface area (Å²) in [6.07, 6.45) is -3.43. The molecule has 1 aromatic heterocycles. The fraction of sp³-hybridized carbons (Fsp3) is 0.444. The average molecular weight is 378 g/mol. The van der Waals surface area contributed by atoms with Crippen LogP contribution in [0.15, 0.2) is 24.4 Å². The Hall–Kier alpha value is -2.46. The number of hydrogen-bond donors (Lipinski definition) is 4. The van der Waals surface area contributed by atoms with Crippen molar-refractivity contribution >= 4 is 22.6 Å². The van der Waals surface area contributed by atoms with Crippen LogP contribution in [-0.4, -0.2) is 70.2 Å². The number of nitrogens with one attached hydrogen (secondary N) is 1. The Balaban J connectivity index is 2.05. The van der Waals surface area contributed by atoms with Crippen molar-refractivity contribution in [1.29, 1.82) is 0 Å². The highest BCUT2D eigenvalue weighted by Crippen LogP contribution is 2.33. The van der Waals surface area contributed by atoms with Gasteiger partial charge in [-0.2, -0.15) is 0 Å². The van der Waals surface area contributed by atoms with Gasteiger partial charge in [0.2, 0.25) is 5.91 Å². The van der Waals surface area contributed by atoms with E-state index in [1.54, 1.807) is 18.2 Å². The minimum Gasteiger partial charge on any atom is -0.497 e. The molecule has 2 aromatic rings. The zero-order chi connectivity index (χ0) is 19.7. The maximum atomic E-state index is 12.6. The number of fused-ring (bicyclic) bond motifs is 1. The van der Waals surface area contributed by atoms with Gasteiger partial charge in [0, 0.05) is 24.1 Å². The molecule has 0 aliphatic carbocycles. The predicted molar refractivity (Wildman–Crippen MR) is 94.5 cm³/mol. The Labute approximate surface area is 155 Å². The number of ether oxygens (including phenoxy) is 2. The van der Waals surface area contributed by atoms with Gasteiger partial charge in [-0.1, -0.05) is 0 Å². The maximum Gasteiger partial charge on any atom is 0.217 e. The first-order chi connectivity index (χ1) is 12.8. The van der Waals surface area contributed by atoms with E-state index in [0.717, 1.165) is 0 Å². The van der Waals surface area contributed by atoms with Gasteiger partial charge in [-0.3, -0.25) is 9.59 Å². The number of rotatable bonds is 5. The van der Waals surface area contributed by atoms with Crippen molar-refractivity contribution in [3.63, 3.8) is 0 Å². The van der Waals surface area contributed by atoms with Crippen LogP contribution in [-0.2, 0) is 9.53 Å². The van der Waals surface area contributed by atoms with Crippen molar-refractivity contribution in [3.8, 4) is 5.75 Å². The van der Waals surface area contributed by atoms with E-state index in [1.807, 2.05) is 0 Å². The van der Waals surface area contributed by atoms with Crippen LogP contribution in [0, 0.1) is 0 Å². The molecular formula is C18H22N2O7. The molecule has 146 valence electrons. The number of ketones is 1. The van der Waals surface area contributed by atoms with Gasteiger partial charge in [-0.25, -0.2) is 0 Å². The number of methoxy groups -OCH3 is 1. The Morgan fingerprint density at radius 1 is 1.30 bits per heavy atom. The molecule has 1 amide bonds. The zero-order valence-electron chi connectivity index (χ0n) is 15.0. The van der Waals surface area contributed by atoms with Crippen molar-refractivity contribution in [3.05, 3.63) is 30.0 Å². The molecule has 0 radical (unpaired) electrons. The van der Waals surface area contributed by atoms with Crippen molar-refractivity contribution < 1.29 is 34.4 Å². The standard InChI is InChI=1S/C18H22N2O7/c1-9(21)19-6-14(22)12-7-20(13-4-3-10(26-2)5-11(12)13)18-17(25)16(24)15(23)8-27-18/h3-5,7,15-18,23-25H,6,8H2,1-2H3,(H,19,21)/t15-,16-,17+,18+/m1/s1. The lowest BCUT2D eigenvalue weighted by Gasteiger charge is -2.36. The summed E-state index contributed by atoms with van der Waals surface area (Å²) < 4.78 is 12.3. The fourth-order valence-electron chi connectivity index (χ4n) is 3.13. The van der Waals surface area contributed by atoms with Gasteiger partial charge in [0.25, 0.3) is 0 Å². The lowest BCUT2D eigenvalue weighted by Crippen LogP contribution is -2.50. The number of hydrogen-bond acceptors (Lipinski definition) is 7. The number of aliphatic hydroxyl groups excluding tert-OH is 3. The topological polar surface area (TPSA) is 130 Å². The number of carbonyl (C=O) groups excluding carboxylic acids is 2. The zero-order valence-corrected chi connectivity index (χ0v) is 15.0. The SMILES string of the molecule is COc1ccc2c(c1)c(C(=O)CNC(C)=O)cn2[C@H]1OC[C@@H](O)[C@@H](O)[C@@H]1O. The minimum atomic E-state index is -1.38. The van der Waals surface area contributed by atoms with E-state index >= 15 is 0 Å². The van der Waals surface area contributed by atoms with Crippen LogP contribution < -0.4 is 10.1 Å². The Morgan fingerprint density at radius 2 is 2.04 bits per heavy atom. The molecule has 9 heteroatoms. The number of carbonyl (C=O) groups is 2. The molecule has 1 aliphatic rings. The molecule has 4 N–H and O–H groups in total. The van der Waals surface area contributed by atoms with E-state index in [0.29, 0.717) is 22.2 Å². The molecule has 9 nitrogen and oxygen atoms in total. The normalized spacial score (nSPS) is 25.4. The molecule has 1 fully saturated rings. The third kappa shape index (κ3) is 3.67. The average Bonchev–Trinajstić information content (AvgIpc) is 3.03. The van der Waals surface area contributed by atoms with Crippen LogP contribution in [0.2, 0.25) is 0 Å². The smallest absolute Gasteiger partial charge is 0.217 e. The van der Waals surface area contributed by atoms with E-state index in [-0.39, 0.29) is 24.8 Å². The summed E-state index contributed by atoms with van der Waals surface area (Å²) in [7, 11) is 1.50. The van der Waals surface area contributed by atoms with E-state index in [9.17, 15) is 24.9 Å². The highest BCUT2D eigenvalue weighted by atomic mass is 16.5. The van der Waals surface area contributed by atoms with Gasteiger partial charge in [0.05, 0.1) is 25.8 Å². The number of aliphatic hydroxyl groups is 3. The summed E-state index contributed by atoms with van der Waals surface area (Å²) >= 11 is 0. The first-order valence-corrected chi connectivity index (χ1v) is 8.45. The van der Waals surface area contributed by atoms with E-state index < -0.39 is 24.5 Å². The molecule has 1 aromatic carbocycles. The third-order valence-electron chi connectivity index (χ3n) is 4.59. The van der Waals surface area contributed by atoms with Gasteiger partial charge in [-0.05, 0) is 18.2 Å². The first kappa shape index (κ1) is 19.3. The van der Waals surface area contributed by atoms with Gasteiger partial charge in [0.1, 0.15) is 24.1 Å². The lowest BCUT2D eigenvalue weighted by molar-refractivity contribution is -0.209. The lowest BCUT2D eigenvalue weighted by atomic mass is 10.0. The predicted octanol–water partition coefficient (Wildman–Crippen LogP) is -0.420. The molecule has 0 spiro atoms. The molecule has 1 saturated heterocycles. The van der Waals surface area contributed by atoms with E-state index in [4.69, 9.17) is 9.47 Å². The minimum absolute atomic E-state index is 0.159.